The number of carbonyl (C=O) groups is 2. The van der Waals surface area contributed by atoms with Crippen molar-refractivity contribution in [2.24, 2.45) is 23.2 Å². The minimum absolute atomic E-state index is 0.0637. The number of aliphatic carboxylic acids is 1. The third-order valence-electron chi connectivity index (χ3n) is 4.27. The summed E-state index contributed by atoms with van der Waals surface area (Å²) in [6.45, 7) is 6.23. The summed E-state index contributed by atoms with van der Waals surface area (Å²) in [5.41, 5.74) is -0.0637. The van der Waals surface area contributed by atoms with Crippen molar-refractivity contribution >= 4 is 12.0 Å². The summed E-state index contributed by atoms with van der Waals surface area (Å²) >= 11 is 0. The van der Waals surface area contributed by atoms with Crippen LogP contribution in [0.4, 0.5) is 4.79 Å². The van der Waals surface area contributed by atoms with Gasteiger partial charge in [-0.1, -0.05) is 20.8 Å². The fourth-order valence-electron chi connectivity index (χ4n) is 2.94. The second-order valence-electron chi connectivity index (χ2n) is 7.85. The number of nitrogens with one attached hydrogen (secondary N) is 2. The summed E-state index contributed by atoms with van der Waals surface area (Å²) in [6.07, 6.45) is 5.40. The van der Waals surface area contributed by atoms with E-state index in [1.165, 1.54) is 25.7 Å². The fraction of sp³-hybridized carbons (Fsp3) is 0.875. The molecule has 5 heteroatoms. The van der Waals surface area contributed by atoms with Gasteiger partial charge >= 0.3 is 12.0 Å². The van der Waals surface area contributed by atoms with E-state index in [1.54, 1.807) is 0 Å². The molecule has 2 saturated carbocycles. The molecule has 0 saturated heterocycles. The van der Waals surface area contributed by atoms with E-state index in [4.69, 9.17) is 0 Å². The molecule has 0 radical (unpaired) electrons. The van der Waals surface area contributed by atoms with Gasteiger partial charge in [0.25, 0.3) is 0 Å². The molecule has 0 aromatic heterocycles. The third kappa shape index (κ3) is 5.56. The normalized spacial score (nSPS) is 20.2. The van der Waals surface area contributed by atoms with Crippen molar-refractivity contribution in [1.82, 2.24) is 10.6 Å². The molecule has 0 aliphatic heterocycles. The zero-order chi connectivity index (χ0) is 15.6. The van der Waals surface area contributed by atoms with E-state index >= 15 is 0 Å². The number of carbonyl (C=O) groups excluding carboxylic acids is 1. The Hall–Kier alpha value is -1.26. The lowest BCUT2D eigenvalue weighted by Gasteiger charge is -2.24. The van der Waals surface area contributed by atoms with Gasteiger partial charge in [0, 0.05) is 12.6 Å². The van der Waals surface area contributed by atoms with Gasteiger partial charge in [-0.3, -0.25) is 4.79 Å². The smallest absolute Gasteiger partial charge is 0.315 e. The first kappa shape index (κ1) is 16.1. The lowest BCUT2D eigenvalue weighted by atomic mass is 9.84. The Morgan fingerprint density at radius 2 is 1.67 bits per heavy atom. The molecule has 2 fully saturated rings. The first-order chi connectivity index (χ1) is 9.76. The number of hydrogen-bond donors (Lipinski definition) is 3. The number of hydrogen-bond acceptors (Lipinski definition) is 2. The van der Waals surface area contributed by atoms with E-state index in [2.05, 4.69) is 10.6 Å². The highest BCUT2D eigenvalue weighted by Crippen LogP contribution is 2.44. The van der Waals surface area contributed by atoms with Crippen molar-refractivity contribution in [3.05, 3.63) is 0 Å². The molecule has 0 aromatic rings. The van der Waals surface area contributed by atoms with Crippen LogP contribution in [0.25, 0.3) is 0 Å². The minimum atomic E-state index is -0.842. The molecule has 0 aromatic carbocycles. The predicted octanol–water partition coefficient (Wildman–Crippen LogP) is 2.61. The van der Waals surface area contributed by atoms with Gasteiger partial charge in [-0.15, -0.1) is 0 Å². The monoisotopic (exact) mass is 296 g/mol. The Morgan fingerprint density at radius 3 is 2.05 bits per heavy atom. The van der Waals surface area contributed by atoms with Gasteiger partial charge in [0.2, 0.25) is 0 Å². The summed E-state index contributed by atoms with van der Waals surface area (Å²) in [7, 11) is 0. The molecule has 0 bridgehead atoms. The second-order valence-corrected chi connectivity index (χ2v) is 7.85. The van der Waals surface area contributed by atoms with Crippen LogP contribution in [0.1, 0.15) is 52.9 Å². The maximum atomic E-state index is 12.0. The van der Waals surface area contributed by atoms with Crippen molar-refractivity contribution in [2.75, 3.05) is 6.54 Å². The largest absolute Gasteiger partial charge is 0.481 e. The van der Waals surface area contributed by atoms with Crippen LogP contribution in [0.15, 0.2) is 0 Å². The van der Waals surface area contributed by atoms with Crippen LogP contribution in [0.5, 0.6) is 0 Å². The van der Waals surface area contributed by atoms with Gasteiger partial charge in [-0.2, -0.15) is 0 Å². The maximum absolute atomic E-state index is 12.0. The zero-order valence-electron chi connectivity index (χ0n) is 13.3. The molecule has 21 heavy (non-hydrogen) atoms. The summed E-state index contributed by atoms with van der Waals surface area (Å²) in [6, 6.07) is 0.0925. The van der Waals surface area contributed by atoms with Crippen molar-refractivity contribution in [1.29, 1.82) is 0 Å². The van der Waals surface area contributed by atoms with Gasteiger partial charge in [0.1, 0.15) is 0 Å². The summed E-state index contributed by atoms with van der Waals surface area (Å²) in [5, 5.41) is 15.1. The molecule has 3 N–H and O–H groups in total. The fourth-order valence-corrected chi connectivity index (χ4v) is 2.94. The van der Waals surface area contributed by atoms with Gasteiger partial charge in [0.05, 0.1) is 5.92 Å². The highest BCUT2D eigenvalue weighted by atomic mass is 16.4. The quantitative estimate of drug-likeness (QED) is 0.675. The molecule has 0 spiro atoms. The Bertz CT molecular complexity index is 383. The van der Waals surface area contributed by atoms with Crippen LogP contribution < -0.4 is 10.6 Å². The molecular weight excluding hydrogens is 268 g/mol. The van der Waals surface area contributed by atoms with Crippen LogP contribution in [0, 0.1) is 23.2 Å². The Morgan fingerprint density at radius 1 is 1.14 bits per heavy atom. The first-order valence-corrected chi connectivity index (χ1v) is 8.03. The number of carboxylic acids is 1. The molecule has 2 aliphatic rings. The van der Waals surface area contributed by atoms with E-state index < -0.39 is 11.9 Å². The SMILES string of the molecule is CC(C)(C)CC(CNC(=O)NC(C1CC1)C1CC1)C(=O)O. The molecular formula is C16H28N2O3. The molecule has 1 atom stereocenters. The van der Waals surface area contributed by atoms with Gasteiger partial charge in [0.15, 0.2) is 0 Å². The Labute approximate surface area is 126 Å². The van der Waals surface area contributed by atoms with Crippen molar-refractivity contribution in [2.45, 2.75) is 58.9 Å². The summed E-state index contributed by atoms with van der Waals surface area (Å²) in [4.78, 5) is 23.3. The average molecular weight is 296 g/mol. The summed E-state index contributed by atoms with van der Waals surface area (Å²) < 4.78 is 0. The molecule has 2 aliphatic carbocycles. The zero-order valence-corrected chi connectivity index (χ0v) is 13.3. The third-order valence-corrected chi connectivity index (χ3v) is 4.27. The van der Waals surface area contributed by atoms with E-state index in [1.807, 2.05) is 20.8 Å². The Kier molecular flexibility index (Phi) is 4.79. The lowest BCUT2D eigenvalue weighted by Crippen LogP contribution is -2.46. The van der Waals surface area contributed by atoms with Gasteiger partial charge in [-0.05, 0) is 49.4 Å². The Balaban J connectivity index is 1.76. The molecule has 5 nitrogen and oxygen atoms in total. The van der Waals surface area contributed by atoms with Crippen LogP contribution in [0.2, 0.25) is 0 Å². The predicted molar refractivity (Wildman–Crippen MR) is 81.0 cm³/mol. The molecule has 2 rings (SSSR count). The number of amides is 2. The number of rotatable bonds is 7. The van der Waals surface area contributed by atoms with Crippen LogP contribution in [-0.2, 0) is 4.79 Å². The van der Waals surface area contributed by atoms with Gasteiger partial charge in [-0.25, -0.2) is 4.79 Å². The van der Waals surface area contributed by atoms with E-state index in [9.17, 15) is 14.7 Å². The van der Waals surface area contributed by atoms with Gasteiger partial charge < -0.3 is 15.7 Å². The molecule has 2 amide bonds. The summed E-state index contributed by atoms with van der Waals surface area (Å²) in [5.74, 6) is -0.0802. The van der Waals surface area contributed by atoms with E-state index in [-0.39, 0.29) is 18.0 Å². The second kappa shape index (κ2) is 6.24. The van der Waals surface area contributed by atoms with Crippen molar-refractivity contribution in [3.63, 3.8) is 0 Å². The highest BCUT2D eigenvalue weighted by molar-refractivity contribution is 5.76. The lowest BCUT2D eigenvalue weighted by molar-refractivity contribution is -0.142. The average Bonchev–Trinajstić information content (AvgIpc) is 3.23. The van der Waals surface area contributed by atoms with Crippen molar-refractivity contribution in [3.8, 4) is 0 Å². The molecule has 120 valence electrons. The number of urea groups is 1. The van der Waals surface area contributed by atoms with Crippen LogP contribution in [-0.4, -0.2) is 29.7 Å². The topological polar surface area (TPSA) is 78.4 Å². The van der Waals surface area contributed by atoms with Crippen LogP contribution >= 0.6 is 0 Å². The molecule has 0 heterocycles. The standard InChI is InChI=1S/C16H28N2O3/c1-16(2,3)8-12(14(19)20)9-17-15(21)18-13(10-4-5-10)11-6-7-11/h10-13H,4-9H2,1-3H3,(H,19,20)(H2,17,18,21). The molecule has 1 unspecified atom stereocenters. The van der Waals surface area contributed by atoms with Crippen molar-refractivity contribution < 1.29 is 14.7 Å². The van der Waals surface area contributed by atoms with E-state index in [0.717, 1.165) is 0 Å². The minimum Gasteiger partial charge on any atom is -0.481 e. The van der Waals surface area contributed by atoms with E-state index in [0.29, 0.717) is 24.3 Å². The maximum Gasteiger partial charge on any atom is 0.315 e. The number of carboxylic acid groups (broad SMARTS) is 1. The highest BCUT2D eigenvalue weighted by Gasteiger charge is 2.42. The van der Waals surface area contributed by atoms with Crippen LogP contribution in [0.3, 0.4) is 0 Å². The first-order valence-electron chi connectivity index (χ1n) is 8.03.